The number of anilines is 1. The number of hydrogen-bond donors (Lipinski definition) is 1. The highest BCUT2D eigenvalue weighted by Crippen LogP contribution is 2.22. The minimum atomic E-state index is 0.339. The van der Waals surface area contributed by atoms with Crippen molar-refractivity contribution in [2.75, 3.05) is 12.4 Å². The molecule has 2 aromatic rings. The van der Waals surface area contributed by atoms with Gasteiger partial charge in [0.15, 0.2) is 5.82 Å². The van der Waals surface area contributed by atoms with Gasteiger partial charge in [-0.2, -0.15) is 5.10 Å². The van der Waals surface area contributed by atoms with Crippen molar-refractivity contribution < 1.29 is 0 Å². The molecule has 0 radical (unpaired) electrons. The zero-order valence-electron chi connectivity index (χ0n) is 12.2. The zero-order valence-corrected chi connectivity index (χ0v) is 12.2. The molecular formula is C14H21N5. The number of hydrogen-bond acceptors (Lipinski definition) is 4. The lowest BCUT2D eigenvalue weighted by atomic mass is 10.1. The van der Waals surface area contributed by atoms with E-state index in [-0.39, 0.29) is 0 Å². The highest BCUT2D eigenvalue weighted by Gasteiger charge is 2.11. The summed E-state index contributed by atoms with van der Waals surface area (Å²) < 4.78 is 1.92. The van der Waals surface area contributed by atoms with E-state index in [4.69, 9.17) is 0 Å². The highest BCUT2D eigenvalue weighted by molar-refractivity contribution is 5.55. The second-order valence-electron chi connectivity index (χ2n) is 5.21. The lowest BCUT2D eigenvalue weighted by Gasteiger charge is -2.09. The summed E-state index contributed by atoms with van der Waals surface area (Å²) in [5.41, 5.74) is 1.99. The summed E-state index contributed by atoms with van der Waals surface area (Å²) in [6, 6.07) is 2.33. The zero-order chi connectivity index (χ0) is 14.0. The Hall–Kier alpha value is -1.91. The van der Waals surface area contributed by atoms with E-state index in [9.17, 15) is 0 Å². The van der Waals surface area contributed by atoms with Gasteiger partial charge in [0.05, 0.1) is 11.8 Å². The fraction of sp³-hybridized carbons (Fsp3) is 0.500. The molecule has 0 aliphatic rings. The summed E-state index contributed by atoms with van der Waals surface area (Å²) in [4.78, 5) is 9.12. The fourth-order valence-electron chi connectivity index (χ4n) is 1.75. The maximum atomic E-state index is 4.62. The molecule has 1 N–H and O–H groups in total. The molecule has 0 bridgehead atoms. The number of nitrogens with one attached hydrogen (secondary N) is 1. The third kappa shape index (κ3) is 2.92. The van der Waals surface area contributed by atoms with Gasteiger partial charge in [-0.3, -0.25) is 4.68 Å². The molecule has 19 heavy (non-hydrogen) atoms. The first kappa shape index (κ1) is 13.5. The van der Waals surface area contributed by atoms with Gasteiger partial charge in [0, 0.05) is 31.0 Å². The summed E-state index contributed by atoms with van der Waals surface area (Å²) in [5.74, 6) is 1.93. The van der Waals surface area contributed by atoms with Crippen molar-refractivity contribution in [3.8, 4) is 11.4 Å². The molecule has 2 aromatic heterocycles. The SMILES string of the molecule is CNc1cc(C(C)C)nc(-c2cnn(C(C)C)c2)n1. The number of nitrogens with zero attached hydrogens (tertiary/aromatic N) is 4. The maximum absolute atomic E-state index is 4.62. The van der Waals surface area contributed by atoms with Gasteiger partial charge in [-0.25, -0.2) is 9.97 Å². The largest absolute Gasteiger partial charge is 0.373 e. The minimum absolute atomic E-state index is 0.339. The van der Waals surface area contributed by atoms with Crippen LogP contribution < -0.4 is 5.32 Å². The van der Waals surface area contributed by atoms with Gasteiger partial charge in [0.1, 0.15) is 5.82 Å². The maximum Gasteiger partial charge on any atom is 0.164 e. The summed E-state index contributed by atoms with van der Waals surface area (Å²) in [5, 5.41) is 7.42. The lowest BCUT2D eigenvalue weighted by molar-refractivity contribution is 0.532. The Kier molecular flexibility index (Phi) is 3.83. The molecule has 0 aliphatic carbocycles. The van der Waals surface area contributed by atoms with E-state index >= 15 is 0 Å². The fourth-order valence-corrected chi connectivity index (χ4v) is 1.75. The predicted molar refractivity (Wildman–Crippen MR) is 77.3 cm³/mol. The molecule has 102 valence electrons. The van der Waals surface area contributed by atoms with Crippen molar-refractivity contribution in [2.24, 2.45) is 0 Å². The first-order valence-corrected chi connectivity index (χ1v) is 6.62. The Morgan fingerprint density at radius 1 is 1.16 bits per heavy atom. The molecule has 0 saturated carbocycles. The van der Waals surface area contributed by atoms with Crippen LogP contribution in [0, 0.1) is 0 Å². The van der Waals surface area contributed by atoms with Crippen molar-refractivity contribution in [3.63, 3.8) is 0 Å². The van der Waals surface area contributed by atoms with Crippen LogP contribution in [0.1, 0.15) is 45.3 Å². The first-order valence-electron chi connectivity index (χ1n) is 6.62. The van der Waals surface area contributed by atoms with Crippen LogP contribution in [0.25, 0.3) is 11.4 Å². The monoisotopic (exact) mass is 259 g/mol. The second-order valence-corrected chi connectivity index (χ2v) is 5.21. The Labute approximate surface area is 114 Å². The molecule has 0 atom stereocenters. The molecule has 0 amide bonds. The molecule has 5 nitrogen and oxygen atoms in total. The van der Waals surface area contributed by atoms with Crippen molar-refractivity contribution >= 4 is 5.82 Å². The Bertz CT molecular complexity index is 557. The van der Waals surface area contributed by atoms with Crippen LogP contribution in [0.2, 0.25) is 0 Å². The van der Waals surface area contributed by atoms with E-state index < -0.39 is 0 Å². The molecule has 0 aliphatic heterocycles. The van der Waals surface area contributed by atoms with Crippen molar-refractivity contribution in [1.29, 1.82) is 0 Å². The van der Waals surface area contributed by atoms with Crippen LogP contribution in [-0.2, 0) is 0 Å². The number of rotatable bonds is 4. The molecule has 0 spiro atoms. The van der Waals surface area contributed by atoms with Crippen LogP contribution in [0.3, 0.4) is 0 Å². The third-order valence-corrected chi connectivity index (χ3v) is 2.98. The van der Waals surface area contributed by atoms with Gasteiger partial charge < -0.3 is 5.32 Å². The summed E-state index contributed by atoms with van der Waals surface area (Å²) in [7, 11) is 1.87. The molecule has 0 aromatic carbocycles. The normalized spacial score (nSPS) is 11.3. The lowest BCUT2D eigenvalue weighted by Crippen LogP contribution is -2.02. The molecule has 0 saturated heterocycles. The van der Waals surface area contributed by atoms with E-state index in [1.54, 1.807) is 0 Å². The van der Waals surface area contributed by atoms with Gasteiger partial charge in [0.2, 0.25) is 0 Å². The van der Waals surface area contributed by atoms with E-state index in [0.717, 1.165) is 22.9 Å². The molecule has 2 rings (SSSR count). The summed E-state index contributed by atoms with van der Waals surface area (Å²) in [6.45, 7) is 8.45. The van der Waals surface area contributed by atoms with Crippen LogP contribution >= 0.6 is 0 Å². The number of aromatic nitrogens is 4. The molecule has 0 fully saturated rings. The first-order chi connectivity index (χ1) is 9.01. The predicted octanol–water partition coefficient (Wildman–Crippen LogP) is 3.09. The average molecular weight is 259 g/mol. The molecule has 5 heteroatoms. The van der Waals surface area contributed by atoms with Crippen molar-refractivity contribution in [3.05, 3.63) is 24.2 Å². The van der Waals surface area contributed by atoms with Crippen molar-refractivity contribution in [1.82, 2.24) is 19.7 Å². The topological polar surface area (TPSA) is 55.6 Å². The highest BCUT2D eigenvalue weighted by atomic mass is 15.3. The van der Waals surface area contributed by atoms with Crippen LogP contribution in [0.4, 0.5) is 5.82 Å². The van der Waals surface area contributed by atoms with Gasteiger partial charge in [-0.05, 0) is 19.8 Å². The summed E-state index contributed by atoms with van der Waals surface area (Å²) in [6.07, 6.45) is 3.81. The quantitative estimate of drug-likeness (QED) is 0.916. The van der Waals surface area contributed by atoms with Crippen LogP contribution in [0.5, 0.6) is 0 Å². The van der Waals surface area contributed by atoms with Gasteiger partial charge in [-0.15, -0.1) is 0 Å². The Morgan fingerprint density at radius 2 is 1.89 bits per heavy atom. The Balaban J connectivity index is 2.45. The van der Waals surface area contributed by atoms with E-state index in [1.165, 1.54) is 0 Å². The van der Waals surface area contributed by atoms with E-state index in [1.807, 2.05) is 30.2 Å². The molecular weight excluding hydrogens is 238 g/mol. The second kappa shape index (κ2) is 5.38. The average Bonchev–Trinajstić information content (AvgIpc) is 2.87. The molecule has 2 heterocycles. The standard InChI is InChI=1S/C14H21N5/c1-9(2)12-6-13(15-5)18-14(17-12)11-7-16-19(8-11)10(3)4/h6-10H,1-5H3,(H,15,17,18). The van der Waals surface area contributed by atoms with Gasteiger partial charge in [-0.1, -0.05) is 13.8 Å². The van der Waals surface area contributed by atoms with E-state index in [0.29, 0.717) is 12.0 Å². The van der Waals surface area contributed by atoms with Gasteiger partial charge in [0.25, 0.3) is 0 Å². The van der Waals surface area contributed by atoms with Gasteiger partial charge >= 0.3 is 0 Å². The Morgan fingerprint density at radius 3 is 2.42 bits per heavy atom. The summed E-state index contributed by atoms with van der Waals surface area (Å²) >= 11 is 0. The van der Waals surface area contributed by atoms with Crippen molar-refractivity contribution in [2.45, 2.75) is 39.7 Å². The smallest absolute Gasteiger partial charge is 0.164 e. The van der Waals surface area contributed by atoms with E-state index in [2.05, 4.69) is 48.1 Å². The third-order valence-electron chi connectivity index (χ3n) is 2.98. The van der Waals surface area contributed by atoms with Crippen LogP contribution in [0.15, 0.2) is 18.5 Å². The molecule has 0 unspecified atom stereocenters. The van der Waals surface area contributed by atoms with Crippen LogP contribution in [-0.4, -0.2) is 26.8 Å². The minimum Gasteiger partial charge on any atom is -0.373 e.